The van der Waals surface area contributed by atoms with Gasteiger partial charge in [0.15, 0.2) is 0 Å². The van der Waals surface area contributed by atoms with Gasteiger partial charge in [-0.05, 0) is 29.5 Å². The van der Waals surface area contributed by atoms with Gasteiger partial charge < -0.3 is 4.74 Å². The molecule has 1 aromatic carbocycles. The van der Waals surface area contributed by atoms with Gasteiger partial charge in [0.25, 0.3) is 0 Å². The van der Waals surface area contributed by atoms with Crippen LogP contribution in [0.1, 0.15) is 46.1 Å². The van der Waals surface area contributed by atoms with E-state index in [2.05, 4.69) is 32.9 Å². The van der Waals surface area contributed by atoms with Crippen LogP contribution < -0.4 is 4.74 Å². The summed E-state index contributed by atoms with van der Waals surface area (Å²) in [7, 11) is 0. The molecule has 0 unspecified atom stereocenters. The minimum atomic E-state index is -0.171. The van der Waals surface area contributed by atoms with Gasteiger partial charge >= 0.3 is 5.97 Å². The summed E-state index contributed by atoms with van der Waals surface area (Å²) in [5.74, 6) is 0.442. The fourth-order valence-corrected chi connectivity index (χ4v) is 1.38. The van der Waals surface area contributed by atoms with Gasteiger partial charge in [-0.15, -0.1) is 0 Å². The van der Waals surface area contributed by atoms with E-state index in [-0.39, 0.29) is 11.4 Å². The summed E-state index contributed by atoms with van der Waals surface area (Å²) in [6, 6.07) is 7.57. The smallest absolute Gasteiger partial charge is 0.311 e. The second kappa shape index (κ2) is 6.39. The monoisotopic (exact) mass is 246 g/mol. The lowest BCUT2D eigenvalue weighted by molar-refractivity contribution is -0.134. The van der Waals surface area contributed by atoms with Crippen LogP contribution in [0.2, 0.25) is 0 Å². The summed E-state index contributed by atoms with van der Waals surface area (Å²) in [4.78, 5) is 11.3. The van der Waals surface area contributed by atoms with Crippen LogP contribution >= 0.6 is 0 Å². The number of hydrogen-bond acceptors (Lipinski definition) is 2. The van der Waals surface area contributed by atoms with E-state index in [1.54, 1.807) is 0 Å². The molecule has 18 heavy (non-hydrogen) atoms. The summed E-state index contributed by atoms with van der Waals surface area (Å²) in [6.45, 7) is 8.43. The van der Waals surface area contributed by atoms with Crippen LogP contribution in [0.15, 0.2) is 30.3 Å². The highest BCUT2D eigenvalue weighted by molar-refractivity contribution is 5.72. The molecule has 0 aliphatic carbocycles. The number of ether oxygens (including phenoxy) is 1. The van der Waals surface area contributed by atoms with E-state index in [9.17, 15) is 4.79 Å². The lowest BCUT2D eigenvalue weighted by Crippen LogP contribution is -2.06. The Bertz CT molecular complexity index is 408. The maximum atomic E-state index is 11.3. The third-order valence-electron chi connectivity index (χ3n) is 2.34. The van der Waals surface area contributed by atoms with Gasteiger partial charge in [0.2, 0.25) is 0 Å². The first-order chi connectivity index (χ1) is 8.40. The third kappa shape index (κ3) is 5.67. The summed E-state index contributed by atoms with van der Waals surface area (Å²) in [5, 5.41) is 0. The molecule has 0 saturated heterocycles. The number of allylic oxidation sites excluding steroid dienone is 1. The molecule has 0 amide bonds. The molecule has 0 heterocycles. The highest BCUT2D eigenvalue weighted by Crippen LogP contribution is 2.19. The number of benzene rings is 1. The molecular formula is C16H22O2. The van der Waals surface area contributed by atoms with Crippen molar-refractivity contribution in [3.63, 3.8) is 0 Å². The van der Waals surface area contributed by atoms with Crippen molar-refractivity contribution >= 4 is 12.0 Å². The fraction of sp³-hybridized carbons (Fsp3) is 0.438. The van der Waals surface area contributed by atoms with E-state index in [1.807, 2.05) is 31.2 Å². The standard InChI is InChI=1S/C16H22O2/c1-5-6-15(17)18-14-9-7-13(8-10-14)11-12-16(2,3)4/h7-12H,5-6H2,1-4H3/b12-11+. The van der Waals surface area contributed by atoms with E-state index >= 15 is 0 Å². The van der Waals surface area contributed by atoms with E-state index in [1.165, 1.54) is 0 Å². The number of carbonyl (C=O) groups excluding carboxylic acids is 1. The maximum Gasteiger partial charge on any atom is 0.311 e. The minimum Gasteiger partial charge on any atom is -0.427 e. The number of esters is 1. The molecule has 2 heteroatoms. The first-order valence-corrected chi connectivity index (χ1v) is 6.41. The van der Waals surface area contributed by atoms with Gasteiger partial charge in [-0.2, -0.15) is 0 Å². The zero-order valence-electron chi connectivity index (χ0n) is 11.7. The normalized spacial score (nSPS) is 11.8. The van der Waals surface area contributed by atoms with Gasteiger partial charge in [0.05, 0.1) is 0 Å². The summed E-state index contributed by atoms with van der Waals surface area (Å²) in [5.41, 5.74) is 1.28. The molecule has 0 radical (unpaired) electrons. The van der Waals surface area contributed by atoms with E-state index in [0.717, 1.165) is 12.0 Å². The highest BCUT2D eigenvalue weighted by atomic mass is 16.5. The average Bonchev–Trinajstić information content (AvgIpc) is 2.27. The van der Waals surface area contributed by atoms with Crippen LogP contribution in [0.5, 0.6) is 5.75 Å². The van der Waals surface area contributed by atoms with Crippen molar-refractivity contribution < 1.29 is 9.53 Å². The van der Waals surface area contributed by atoms with E-state index in [4.69, 9.17) is 4.74 Å². The third-order valence-corrected chi connectivity index (χ3v) is 2.34. The number of carbonyl (C=O) groups is 1. The van der Waals surface area contributed by atoms with Crippen LogP contribution in [0.25, 0.3) is 6.08 Å². The predicted molar refractivity (Wildman–Crippen MR) is 75.5 cm³/mol. The Morgan fingerprint density at radius 1 is 1.22 bits per heavy atom. The molecule has 98 valence electrons. The molecule has 1 aromatic rings. The van der Waals surface area contributed by atoms with Crippen molar-refractivity contribution in [3.8, 4) is 5.75 Å². The maximum absolute atomic E-state index is 11.3. The lowest BCUT2D eigenvalue weighted by Gasteiger charge is -2.11. The van der Waals surface area contributed by atoms with Crippen LogP contribution in [-0.4, -0.2) is 5.97 Å². The topological polar surface area (TPSA) is 26.3 Å². The van der Waals surface area contributed by atoms with Gasteiger partial charge in [-0.1, -0.05) is 52.0 Å². The van der Waals surface area contributed by atoms with Crippen molar-refractivity contribution in [2.45, 2.75) is 40.5 Å². The van der Waals surface area contributed by atoms with Crippen LogP contribution in [0, 0.1) is 5.41 Å². The van der Waals surface area contributed by atoms with Crippen LogP contribution in [0.4, 0.5) is 0 Å². The second-order valence-corrected chi connectivity index (χ2v) is 5.49. The molecule has 0 saturated carbocycles. The van der Waals surface area contributed by atoms with Crippen molar-refractivity contribution in [1.82, 2.24) is 0 Å². The Labute approximate surface area is 110 Å². The summed E-state index contributed by atoms with van der Waals surface area (Å²) in [6.07, 6.45) is 5.51. The number of rotatable bonds is 4. The fourth-order valence-electron chi connectivity index (χ4n) is 1.38. The zero-order valence-corrected chi connectivity index (χ0v) is 11.7. The van der Waals surface area contributed by atoms with Crippen LogP contribution in [-0.2, 0) is 4.79 Å². The van der Waals surface area contributed by atoms with Gasteiger partial charge in [-0.25, -0.2) is 0 Å². The van der Waals surface area contributed by atoms with Gasteiger partial charge in [0.1, 0.15) is 5.75 Å². The van der Waals surface area contributed by atoms with Gasteiger partial charge in [0, 0.05) is 6.42 Å². The Balaban J connectivity index is 2.63. The summed E-state index contributed by atoms with van der Waals surface area (Å²) < 4.78 is 5.19. The Hall–Kier alpha value is -1.57. The first-order valence-electron chi connectivity index (χ1n) is 6.41. The molecule has 0 fully saturated rings. The van der Waals surface area contributed by atoms with Crippen molar-refractivity contribution in [2.24, 2.45) is 5.41 Å². The quantitative estimate of drug-likeness (QED) is 0.579. The van der Waals surface area contributed by atoms with Crippen molar-refractivity contribution in [3.05, 3.63) is 35.9 Å². The number of hydrogen-bond donors (Lipinski definition) is 0. The van der Waals surface area contributed by atoms with Crippen molar-refractivity contribution in [2.75, 3.05) is 0 Å². The molecule has 0 aromatic heterocycles. The molecule has 0 aliphatic heterocycles. The molecule has 1 rings (SSSR count). The van der Waals surface area contributed by atoms with Crippen molar-refractivity contribution in [1.29, 1.82) is 0 Å². The molecule has 0 N–H and O–H groups in total. The molecule has 0 atom stereocenters. The Kier molecular flexibility index (Phi) is 5.14. The largest absolute Gasteiger partial charge is 0.427 e. The highest BCUT2D eigenvalue weighted by Gasteiger charge is 2.04. The van der Waals surface area contributed by atoms with E-state index in [0.29, 0.717) is 12.2 Å². The molecular weight excluding hydrogens is 224 g/mol. The molecule has 2 nitrogen and oxygen atoms in total. The van der Waals surface area contributed by atoms with E-state index < -0.39 is 0 Å². The zero-order chi connectivity index (χ0) is 13.6. The molecule has 0 aliphatic rings. The van der Waals surface area contributed by atoms with Gasteiger partial charge in [-0.3, -0.25) is 4.79 Å². The average molecular weight is 246 g/mol. The van der Waals surface area contributed by atoms with Crippen LogP contribution in [0.3, 0.4) is 0 Å². The Morgan fingerprint density at radius 2 is 1.83 bits per heavy atom. The minimum absolute atomic E-state index is 0.171. The first kappa shape index (κ1) is 14.5. The molecule has 0 spiro atoms. The lowest BCUT2D eigenvalue weighted by atomic mass is 9.95. The Morgan fingerprint density at radius 3 is 2.33 bits per heavy atom. The predicted octanol–water partition coefficient (Wildman–Crippen LogP) is 4.45. The summed E-state index contributed by atoms with van der Waals surface area (Å²) >= 11 is 0. The molecule has 0 bridgehead atoms. The second-order valence-electron chi connectivity index (χ2n) is 5.49. The SMILES string of the molecule is CCCC(=O)Oc1ccc(/C=C/C(C)(C)C)cc1.